The predicted molar refractivity (Wildman–Crippen MR) is 136 cm³/mol. The molecule has 0 aliphatic carbocycles. The Hall–Kier alpha value is -3.49. The maximum Gasteiger partial charge on any atom is 0.274 e. The maximum absolute atomic E-state index is 13.0. The zero-order valence-electron chi connectivity index (χ0n) is 19.1. The summed E-state index contributed by atoms with van der Waals surface area (Å²) in [6.07, 6.45) is 7.59. The monoisotopic (exact) mass is 472 g/mol. The van der Waals surface area contributed by atoms with Crippen LogP contribution in [0.15, 0.2) is 72.5 Å². The highest BCUT2D eigenvalue weighted by atomic mass is 32.1. The molecule has 0 saturated carbocycles. The van der Waals surface area contributed by atoms with E-state index >= 15 is 0 Å². The highest BCUT2D eigenvalue weighted by molar-refractivity contribution is 7.14. The molecule has 3 aromatic heterocycles. The number of hydrogen-bond acceptors (Lipinski definition) is 6. The first-order valence-corrected chi connectivity index (χ1v) is 12.4. The Balaban J connectivity index is 1.28. The van der Waals surface area contributed by atoms with E-state index in [1.807, 2.05) is 42.0 Å². The standard InChI is InChI=1S/C26H28N6OS/c1-18(27)20-6-8-21(9-7-20)32-15-3-4-23(32)22-17-34-26(29-22)30-25(33)24-5-2-14-31(24)16-19-10-12-28-13-11-19/h2,5-14,17-18,23H,3-4,15-16,27H2,1H3,(H,29,30,33)/t18-,23?/m1/s1. The average molecular weight is 473 g/mol. The molecule has 1 unspecified atom stereocenters. The Labute approximate surface area is 203 Å². The molecule has 8 heteroatoms. The van der Waals surface area contributed by atoms with Crippen LogP contribution in [-0.4, -0.2) is 27.0 Å². The van der Waals surface area contributed by atoms with Crippen LogP contribution >= 0.6 is 11.3 Å². The van der Waals surface area contributed by atoms with Gasteiger partial charge in [-0.2, -0.15) is 0 Å². The van der Waals surface area contributed by atoms with Gasteiger partial charge >= 0.3 is 0 Å². The van der Waals surface area contributed by atoms with Crippen LogP contribution < -0.4 is 16.0 Å². The van der Waals surface area contributed by atoms with Crippen molar-refractivity contribution in [2.75, 3.05) is 16.8 Å². The molecule has 0 radical (unpaired) electrons. The lowest BCUT2D eigenvalue weighted by Crippen LogP contribution is -2.23. The molecule has 0 spiro atoms. The Morgan fingerprint density at radius 1 is 1.21 bits per heavy atom. The SMILES string of the molecule is C[C@@H](N)c1ccc(N2CCCC2c2csc(NC(=O)c3cccn3Cc3ccncc3)n2)cc1. The average Bonchev–Trinajstić information content (AvgIpc) is 3.60. The first-order chi connectivity index (χ1) is 16.6. The van der Waals surface area contributed by atoms with Crippen LogP contribution in [0.2, 0.25) is 0 Å². The van der Waals surface area contributed by atoms with Gasteiger partial charge in [0.05, 0.1) is 11.7 Å². The van der Waals surface area contributed by atoms with Crippen molar-refractivity contribution < 1.29 is 4.79 Å². The van der Waals surface area contributed by atoms with Crippen LogP contribution in [0.3, 0.4) is 0 Å². The summed E-state index contributed by atoms with van der Waals surface area (Å²) in [4.78, 5) is 24.2. The van der Waals surface area contributed by atoms with E-state index in [0.29, 0.717) is 17.4 Å². The van der Waals surface area contributed by atoms with Crippen molar-refractivity contribution in [3.05, 3.63) is 95.0 Å². The van der Waals surface area contributed by atoms with Crippen LogP contribution in [0.4, 0.5) is 10.8 Å². The summed E-state index contributed by atoms with van der Waals surface area (Å²) in [5.74, 6) is -0.158. The van der Waals surface area contributed by atoms with E-state index < -0.39 is 0 Å². The van der Waals surface area contributed by atoms with E-state index in [1.165, 1.54) is 17.0 Å². The first-order valence-electron chi connectivity index (χ1n) is 11.5. The molecule has 34 heavy (non-hydrogen) atoms. The molecule has 1 aliphatic rings. The van der Waals surface area contributed by atoms with Crippen molar-refractivity contribution in [3.63, 3.8) is 0 Å². The van der Waals surface area contributed by atoms with Gasteiger partial charge in [-0.05, 0) is 67.3 Å². The van der Waals surface area contributed by atoms with E-state index in [2.05, 4.69) is 44.8 Å². The number of pyridine rings is 1. The second kappa shape index (κ2) is 9.79. The van der Waals surface area contributed by atoms with E-state index in [4.69, 9.17) is 10.7 Å². The summed E-state index contributed by atoms with van der Waals surface area (Å²) in [6, 6.07) is 16.3. The highest BCUT2D eigenvalue weighted by Gasteiger charge is 2.28. The third kappa shape index (κ3) is 4.73. The molecule has 1 saturated heterocycles. The second-order valence-corrected chi connectivity index (χ2v) is 9.50. The number of carbonyl (C=O) groups excluding carboxylic acids is 1. The van der Waals surface area contributed by atoms with E-state index in [1.54, 1.807) is 12.4 Å². The topological polar surface area (TPSA) is 89.1 Å². The molecule has 1 aliphatic heterocycles. The van der Waals surface area contributed by atoms with Gasteiger partial charge in [-0.15, -0.1) is 11.3 Å². The first kappa shape index (κ1) is 22.3. The van der Waals surface area contributed by atoms with Crippen LogP contribution in [0.1, 0.15) is 59.2 Å². The number of thiazole rings is 1. The van der Waals surface area contributed by atoms with E-state index in [0.717, 1.165) is 36.2 Å². The van der Waals surface area contributed by atoms with Crippen LogP contribution in [0.25, 0.3) is 0 Å². The lowest BCUT2D eigenvalue weighted by atomic mass is 10.1. The van der Waals surface area contributed by atoms with Gasteiger partial charge in [0.15, 0.2) is 5.13 Å². The zero-order chi connectivity index (χ0) is 23.5. The maximum atomic E-state index is 13.0. The predicted octanol–water partition coefficient (Wildman–Crippen LogP) is 5.00. The normalized spacial score (nSPS) is 16.5. The van der Waals surface area contributed by atoms with E-state index in [-0.39, 0.29) is 18.0 Å². The molecule has 7 nitrogen and oxygen atoms in total. The summed E-state index contributed by atoms with van der Waals surface area (Å²) >= 11 is 1.47. The fourth-order valence-corrected chi connectivity index (χ4v) is 5.21. The number of anilines is 2. The molecular weight excluding hydrogens is 444 g/mol. The van der Waals surface area contributed by atoms with Crippen molar-refractivity contribution in [1.29, 1.82) is 0 Å². The minimum atomic E-state index is -0.158. The van der Waals surface area contributed by atoms with Crippen LogP contribution in [0.5, 0.6) is 0 Å². The smallest absolute Gasteiger partial charge is 0.274 e. The molecule has 0 bridgehead atoms. The molecule has 174 valence electrons. The molecule has 1 fully saturated rings. The Bertz CT molecular complexity index is 1250. The minimum Gasteiger partial charge on any atom is -0.363 e. The molecule has 3 N–H and O–H groups in total. The minimum absolute atomic E-state index is 0.0268. The number of nitrogens with zero attached hydrogens (tertiary/aromatic N) is 4. The van der Waals surface area contributed by atoms with Crippen molar-refractivity contribution in [2.45, 2.75) is 38.4 Å². The number of hydrogen-bond donors (Lipinski definition) is 2. The lowest BCUT2D eigenvalue weighted by Gasteiger charge is -2.26. The van der Waals surface area contributed by atoms with Gasteiger partial charge in [-0.25, -0.2) is 4.98 Å². The number of nitrogens with two attached hydrogens (primary N) is 1. The quantitative estimate of drug-likeness (QED) is 0.395. The van der Waals surface area contributed by atoms with Gasteiger partial charge in [0.25, 0.3) is 5.91 Å². The van der Waals surface area contributed by atoms with Gasteiger partial charge in [0.1, 0.15) is 5.69 Å². The fraction of sp³-hybridized carbons (Fsp3) is 0.269. The summed E-state index contributed by atoms with van der Waals surface area (Å²) in [7, 11) is 0. The second-order valence-electron chi connectivity index (χ2n) is 8.64. The zero-order valence-corrected chi connectivity index (χ0v) is 19.9. The number of rotatable bonds is 7. The molecule has 4 aromatic rings. The van der Waals surface area contributed by atoms with Crippen molar-refractivity contribution in [2.24, 2.45) is 5.73 Å². The largest absolute Gasteiger partial charge is 0.363 e. The van der Waals surface area contributed by atoms with Gasteiger partial charge < -0.3 is 15.2 Å². The van der Waals surface area contributed by atoms with Crippen LogP contribution in [-0.2, 0) is 6.54 Å². The summed E-state index contributed by atoms with van der Waals surface area (Å²) in [5.41, 5.74) is 11.0. The molecule has 4 heterocycles. The molecule has 2 atom stereocenters. The molecular formula is C26H28N6OS. The fourth-order valence-electron chi connectivity index (χ4n) is 4.45. The van der Waals surface area contributed by atoms with Crippen LogP contribution in [0, 0.1) is 0 Å². The lowest BCUT2D eigenvalue weighted by molar-refractivity contribution is 0.101. The van der Waals surface area contributed by atoms with Gasteiger partial charge in [-0.3, -0.25) is 15.1 Å². The molecule has 5 rings (SSSR count). The summed E-state index contributed by atoms with van der Waals surface area (Å²) in [6.45, 7) is 3.60. The Morgan fingerprint density at radius 3 is 2.76 bits per heavy atom. The van der Waals surface area contributed by atoms with Crippen molar-refractivity contribution in [3.8, 4) is 0 Å². The third-order valence-electron chi connectivity index (χ3n) is 6.25. The summed E-state index contributed by atoms with van der Waals surface area (Å²) < 4.78 is 1.93. The number of aromatic nitrogens is 3. The number of benzene rings is 1. The van der Waals surface area contributed by atoms with Crippen molar-refractivity contribution in [1.82, 2.24) is 14.5 Å². The number of nitrogens with one attached hydrogen (secondary N) is 1. The van der Waals surface area contributed by atoms with Gasteiger partial charge in [0, 0.05) is 48.8 Å². The van der Waals surface area contributed by atoms with Gasteiger partial charge in [0.2, 0.25) is 0 Å². The number of carbonyl (C=O) groups is 1. The molecule has 1 aromatic carbocycles. The Morgan fingerprint density at radius 2 is 2.00 bits per heavy atom. The third-order valence-corrected chi connectivity index (χ3v) is 7.03. The Kier molecular flexibility index (Phi) is 6.42. The molecule has 1 amide bonds. The van der Waals surface area contributed by atoms with E-state index in [9.17, 15) is 4.79 Å². The summed E-state index contributed by atoms with van der Waals surface area (Å²) in [5, 5.41) is 5.67. The number of amides is 1. The highest BCUT2D eigenvalue weighted by Crippen LogP contribution is 2.37. The van der Waals surface area contributed by atoms with Crippen molar-refractivity contribution >= 4 is 28.1 Å². The van der Waals surface area contributed by atoms with Gasteiger partial charge in [-0.1, -0.05) is 12.1 Å².